The third-order valence-electron chi connectivity index (χ3n) is 4.99. The molecule has 0 bridgehead atoms. The molecular formula is C25H25BrN4O6S. The number of ether oxygens (including phenoxy) is 2. The smallest absolute Gasteiger partial charge is 0.264 e. The first-order valence-corrected chi connectivity index (χ1v) is 13.1. The molecular weight excluding hydrogens is 564 g/mol. The van der Waals surface area contributed by atoms with Crippen LogP contribution >= 0.6 is 15.9 Å². The first-order chi connectivity index (χ1) is 17.6. The Morgan fingerprint density at radius 2 is 1.68 bits per heavy atom. The minimum absolute atomic E-state index is 0.0624. The second-order valence-electron chi connectivity index (χ2n) is 7.59. The van der Waals surface area contributed by atoms with Gasteiger partial charge in [-0.1, -0.05) is 15.9 Å². The van der Waals surface area contributed by atoms with Crippen molar-refractivity contribution in [3.63, 3.8) is 0 Å². The zero-order valence-corrected chi connectivity index (χ0v) is 22.7. The van der Waals surface area contributed by atoms with Gasteiger partial charge in [0.25, 0.3) is 15.9 Å². The van der Waals surface area contributed by atoms with Crippen molar-refractivity contribution in [3.8, 4) is 11.5 Å². The molecule has 0 heterocycles. The van der Waals surface area contributed by atoms with Crippen molar-refractivity contribution in [2.75, 3.05) is 30.4 Å². The van der Waals surface area contributed by atoms with Crippen molar-refractivity contribution in [1.29, 1.82) is 0 Å². The Morgan fingerprint density at radius 3 is 2.27 bits per heavy atom. The zero-order chi connectivity index (χ0) is 27.0. The van der Waals surface area contributed by atoms with E-state index in [0.29, 0.717) is 22.7 Å². The Bertz CT molecular complexity index is 1390. The average Bonchev–Trinajstić information content (AvgIpc) is 2.87. The highest BCUT2D eigenvalue weighted by atomic mass is 79.9. The van der Waals surface area contributed by atoms with E-state index in [1.165, 1.54) is 63.8 Å². The van der Waals surface area contributed by atoms with Crippen molar-refractivity contribution >= 4 is 55.4 Å². The van der Waals surface area contributed by atoms with Crippen LogP contribution in [0.15, 0.2) is 81.2 Å². The highest BCUT2D eigenvalue weighted by Crippen LogP contribution is 2.26. The average molecular weight is 589 g/mol. The standard InChI is InChI=1S/C25H25BrN4O6S/c1-17(31)28-20-5-11-23(12-6-20)37(33,34)30(21-7-9-22(35-2)10-8-21)16-25(32)29-27-15-18-14-19(26)4-13-24(18)36-3/h4-15H,16H2,1-3H3,(H,28,31)(H,29,32). The van der Waals surface area contributed by atoms with Crippen LogP contribution in [-0.4, -0.2) is 47.2 Å². The second-order valence-corrected chi connectivity index (χ2v) is 10.4. The van der Waals surface area contributed by atoms with E-state index in [2.05, 4.69) is 31.8 Å². The Hall–Kier alpha value is -3.90. The second kappa shape index (κ2) is 12.4. The largest absolute Gasteiger partial charge is 0.497 e. The third-order valence-corrected chi connectivity index (χ3v) is 7.28. The van der Waals surface area contributed by atoms with Crippen LogP contribution in [-0.2, 0) is 19.6 Å². The van der Waals surface area contributed by atoms with E-state index in [4.69, 9.17) is 9.47 Å². The van der Waals surface area contributed by atoms with Gasteiger partial charge in [0.05, 0.1) is 31.0 Å². The van der Waals surface area contributed by atoms with E-state index in [9.17, 15) is 18.0 Å². The van der Waals surface area contributed by atoms with Gasteiger partial charge in [0, 0.05) is 22.6 Å². The molecule has 37 heavy (non-hydrogen) atoms. The van der Waals surface area contributed by atoms with E-state index < -0.39 is 22.5 Å². The molecule has 0 aromatic heterocycles. The highest BCUT2D eigenvalue weighted by Gasteiger charge is 2.27. The molecule has 12 heteroatoms. The Morgan fingerprint density at radius 1 is 1.00 bits per heavy atom. The lowest BCUT2D eigenvalue weighted by Crippen LogP contribution is -2.39. The first-order valence-electron chi connectivity index (χ1n) is 10.8. The van der Waals surface area contributed by atoms with Gasteiger partial charge in [-0.15, -0.1) is 0 Å². The van der Waals surface area contributed by atoms with Gasteiger partial charge < -0.3 is 14.8 Å². The number of hydrogen-bond donors (Lipinski definition) is 2. The summed E-state index contributed by atoms with van der Waals surface area (Å²) in [4.78, 5) is 24.0. The predicted molar refractivity (Wildman–Crippen MR) is 145 cm³/mol. The summed E-state index contributed by atoms with van der Waals surface area (Å²) in [5.74, 6) is 0.122. The fourth-order valence-corrected chi connectivity index (χ4v) is 5.05. The summed E-state index contributed by atoms with van der Waals surface area (Å²) >= 11 is 3.37. The van der Waals surface area contributed by atoms with E-state index >= 15 is 0 Å². The van der Waals surface area contributed by atoms with Gasteiger partial charge in [-0.2, -0.15) is 5.10 Å². The number of benzene rings is 3. The summed E-state index contributed by atoms with van der Waals surface area (Å²) in [7, 11) is -1.16. The van der Waals surface area contributed by atoms with Crippen LogP contribution in [0.1, 0.15) is 12.5 Å². The fourth-order valence-electron chi connectivity index (χ4n) is 3.25. The molecule has 3 aromatic carbocycles. The molecule has 0 atom stereocenters. The molecule has 0 aliphatic heterocycles. The summed E-state index contributed by atoms with van der Waals surface area (Å²) in [6, 6.07) is 17.2. The molecule has 2 amide bonds. The lowest BCUT2D eigenvalue weighted by molar-refractivity contribution is -0.119. The number of hydrazone groups is 1. The lowest BCUT2D eigenvalue weighted by atomic mass is 10.2. The normalized spacial score (nSPS) is 11.1. The summed E-state index contributed by atoms with van der Waals surface area (Å²) in [6.45, 7) is 0.804. The van der Waals surface area contributed by atoms with E-state index in [-0.39, 0.29) is 16.5 Å². The topological polar surface area (TPSA) is 126 Å². The lowest BCUT2D eigenvalue weighted by Gasteiger charge is -2.24. The number of halogens is 1. The van der Waals surface area contributed by atoms with Gasteiger partial charge in [-0.05, 0) is 66.7 Å². The fraction of sp³-hybridized carbons (Fsp3) is 0.160. The molecule has 0 saturated carbocycles. The Balaban J connectivity index is 1.86. The number of anilines is 2. The minimum atomic E-state index is -4.17. The van der Waals surface area contributed by atoms with Gasteiger partial charge in [-0.25, -0.2) is 13.8 Å². The summed E-state index contributed by atoms with van der Waals surface area (Å²) in [6.07, 6.45) is 1.40. The van der Waals surface area contributed by atoms with Crippen LogP contribution in [0.3, 0.4) is 0 Å². The van der Waals surface area contributed by atoms with Crippen molar-refractivity contribution in [2.24, 2.45) is 5.10 Å². The van der Waals surface area contributed by atoms with Crippen molar-refractivity contribution < 1.29 is 27.5 Å². The zero-order valence-electron chi connectivity index (χ0n) is 20.3. The number of carbonyl (C=O) groups excluding carboxylic acids is 2. The van der Waals surface area contributed by atoms with Crippen LogP contribution in [0.4, 0.5) is 11.4 Å². The molecule has 0 aliphatic carbocycles. The SMILES string of the molecule is COc1ccc(N(CC(=O)NN=Cc2cc(Br)ccc2OC)S(=O)(=O)c2ccc(NC(C)=O)cc2)cc1. The maximum absolute atomic E-state index is 13.5. The third kappa shape index (κ3) is 7.30. The number of carbonyl (C=O) groups is 2. The quantitative estimate of drug-likeness (QED) is 0.274. The molecule has 0 saturated heterocycles. The number of methoxy groups -OCH3 is 2. The number of amides is 2. The predicted octanol–water partition coefficient (Wildman–Crippen LogP) is 3.77. The number of rotatable bonds is 10. The number of sulfonamides is 1. The van der Waals surface area contributed by atoms with Gasteiger partial charge in [0.15, 0.2) is 0 Å². The molecule has 10 nitrogen and oxygen atoms in total. The van der Waals surface area contributed by atoms with Crippen LogP contribution in [0.2, 0.25) is 0 Å². The maximum Gasteiger partial charge on any atom is 0.264 e. The molecule has 0 radical (unpaired) electrons. The summed E-state index contributed by atoms with van der Waals surface area (Å²) in [5, 5.41) is 6.54. The van der Waals surface area contributed by atoms with Crippen LogP contribution in [0.25, 0.3) is 0 Å². The van der Waals surface area contributed by atoms with Crippen LogP contribution < -0.4 is 24.5 Å². The summed E-state index contributed by atoms with van der Waals surface area (Å²) < 4.78 is 39.3. The molecule has 2 N–H and O–H groups in total. The highest BCUT2D eigenvalue weighted by molar-refractivity contribution is 9.10. The van der Waals surface area contributed by atoms with Gasteiger partial charge in [0.1, 0.15) is 18.0 Å². The molecule has 194 valence electrons. The minimum Gasteiger partial charge on any atom is -0.497 e. The Kier molecular flexibility index (Phi) is 9.25. The molecule has 3 aromatic rings. The molecule has 0 unspecified atom stereocenters. The number of hydrogen-bond acceptors (Lipinski definition) is 7. The first kappa shape index (κ1) is 27.7. The molecule has 0 fully saturated rings. The molecule has 0 spiro atoms. The number of nitrogens with one attached hydrogen (secondary N) is 2. The van der Waals surface area contributed by atoms with Crippen molar-refractivity contribution in [2.45, 2.75) is 11.8 Å². The maximum atomic E-state index is 13.5. The molecule has 3 rings (SSSR count). The van der Waals surface area contributed by atoms with Gasteiger partial charge in [-0.3, -0.25) is 13.9 Å². The van der Waals surface area contributed by atoms with Crippen LogP contribution in [0.5, 0.6) is 11.5 Å². The summed E-state index contributed by atoms with van der Waals surface area (Å²) in [5.41, 5.74) is 3.66. The van der Waals surface area contributed by atoms with E-state index in [1.54, 1.807) is 30.3 Å². The molecule has 0 aliphatic rings. The van der Waals surface area contributed by atoms with Gasteiger partial charge >= 0.3 is 0 Å². The Labute approximate surface area is 223 Å². The number of nitrogens with zero attached hydrogens (tertiary/aromatic N) is 2. The van der Waals surface area contributed by atoms with Crippen LogP contribution in [0, 0.1) is 0 Å². The van der Waals surface area contributed by atoms with Crippen molar-refractivity contribution in [1.82, 2.24) is 5.43 Å². The monoisotopic (exact) mass is 588 g/mol. The van der Waals surface area contributed by atoms with E-state index in [0.717, 1.165) is 8.78 Å². The van der Waals surface area contributed by atoms with E-state index in [1.807, 2.05) is 0 Å². The van der Waals surface area contributed by atoms with Crippen molar-refractivity contribution in [3.05, 3.63) is 76.8 Å². The van der Waals surface area contributed by atoms with Gasteiger partial charge in [0.2, 0.25) is 5.91 Å².